The summed E-state index contributed by atoms with van der Waals surface area (Å²) in [5.74, 6) is -1.36. The predicted octanol–water partition coefficient (Wildman–Crippen LogP) is 2.54. The quantitative estimate of drug-likeness (QED) is 0.893. The van der Waals surface area contributed by atoms with E-state index in [4.69, 9.17) is 17.3 Å². The van der Waals surface area contributed by atoms with Crippen molar-refractivity contribution in [1.82, 2.24) is 9.80 Å². The molecule has 2 N–H and O–H groups in total. The number of primary amides is 1. The highest BCUT2D eigenvalue weighted by atomic mass is 35.5. The molecule has 7 heteroatoms. The van der Waals surface area contributed by atoms with Crippen LogP contribution in [0, 0.1) is 5.82 Å². The third-order valence-corrected chi connectivity index (χ3v) is 4.67. The molecule has 0 aliphatic carbocycles. The Morgan fingerprint density at radius 1 is 1.08 bits per heavy atom. The van der Waals surface area contributed by atoms with Crippen molar-refractivity contribution in [3.63, 3.8) is 0 Å². The molecule has 2 aromatic rings. The maximum absolute atomic E-state index is 13.9. The van der Waals surface area contributed by atoms with Gasteiger partial charge >= 0.3 is 0 Å². The molecule has 0 aromatic heterocycles. The zero-order chi connectivity index (χ0) is 18.7. The first-order valence-corrected chi connectivity index (χ1v) is 8.67. The highest BCUT2D eigenvalue weighted by Crippen LogP contribution is 2.18. The van der Waals surface area contributed by atoms with Gasteiger partial charge in [-0.15, -0.1) is 0 Å². The molecule has 0 spiro atoms. The van der Waals surface area contributed by atoms with Crippen LogP contribution < -0.4 is 5.73 Å². The smallest absolute Gasteiger partial charge is 0.256 e. The van der Waals surface area contributed by atoms with Gasteiger partial charge in [-0.3, -0.25) is 14.5 Å². The van der Waals surface area contributed by atoms with Crippen LogP contribution >= 0.6 is 11.6 Å². The van der Waals surface area contributed by atoms with Gasteiger partial charge in [-0.1, -0.05) is 23.7 Å². The Kier molecular flexibility index (Phi) is 5.54. The molecule has 0 bridgehead atoms. The van der Waals surface area contributed by atoms with Gasteiger partial charge in [0, 0.05) is 43.3 Å². The summed E-state index contributed by atoms with van der Waals surface area (Å²) >= 11 is 5.87. The number of halogens is 2. The molecule has 2 aromatic carbocycles. The standard InChI is InChI=1S/C19H19ClFN3O2/c20-15-4-5-17(21)16(11-15)19(26)24-8-6-23(7-9-24)12-13-2-1-3-14(10-13)18(22)25/h1-5,10-11H,6-9,12H2,(H2,22,25). The zero-order valence-corrected chi connectivity index (χ0v) is 14.9. The largest absolute Gasteiger partial charge is 0.366 e. The van der Waals surface area contributed by atoms with Gasteiger partial charge in [0.2, 0.25) is 5.91 Å². The fraction of sp³-hybridized carbons (Fsp3) is 0.263. The third-order valence-electron chi connectivity index (χ3n) is 4.44. The summed E-state index contributed by atoms with van der Waals surface area (Å²) in [6.07, 6.45) is 0. The van der Waals surface area contributed by atoms with Crippen LogP contribution in [0.3, 0.4) is 0 Å². The number of nitrogens with two attached hydrogens (primary N) is 1. The number of carbonyl (C=O) groups excluding carboxylic acids is 2. The molecule has 2 amide bonds. The fourth-order valence-corrected chi connectivity index (χ4v) is 3.19. The summed E-state index contributed by atoms with van der Waals surface area (Å²) in [6.45, 7) is 2.98. The molecule has 0 atom stereocenters. The van der Waals surface area contributed by atoms with Crippen molar-refractivity contribution in [2.24, 2.45) is 5.73 Å². The first-order chi connectivity index (χ1) is 12.4. The molecule has 5 nitrogen and oxygen atoms in total. The van der Waals surface area contributed by atoms with Gasteiger partial charge in [0.1, 0.15) is 5.82 Å². The van der Waals surface area contributed by atoms with Crippen molar-refractivity contribution in [3.05, 3.63) is 70.0 Å². The van der Waals surface area contributed by atoms with E-state index in [1.54, 1.807) is 23.1 Å². The normalized spacial score (nSPS) is 15.1. The maximum atomic E-state index is 13.9. The number of rotatable bonds is 4. The second-order valence-electron chi connectivity index (χ2n) is 6.26. The summed E-state index contributed by atoms with van der Waals surface area (Å²) in [6, 6.07) is 11.2. The third kappa shape index (κ3) is 4.20. The molecule has 1 fully saturated rings. The van der Waals surface area contributed by atoms with E-state index in [-0.39, 0.29) is 11.5 Å². The van der Waals surface area contributed by atoms with Crippen LogP contribution in [0.4, 0.5) is 4.39 Å². The Hall–Kier alpha value is -2.44. The van der Waals surface area contributed by atoms with Gasteiger partial charge in [0.25, 0.3) is 5.91 Å². The van der Waals surface area contributed by atoms with Crippen LogP contribution in [-0.2, 0) is 6.54 Å². The molecular weight excluding hydrogens is 357 g/mol. The lowest BCUT2D eigenvalue weighted by molar-refractivity contribution is 0.0623. The van der Waals surface area contributed by atoms with Crippen LogP contribution in [0.25, 0.3) is 0 Å². The van der Waals surface area contributed by atoms with Gasteiger partial charge in [0.05, 0.1) is 5.56 Å². The van der Waals surface area contributed by atoms with Crippen LogP contribution in [0.5, 0.6) is 0 Å². The first-order valence-electron chi connectivity index (χ1n) is 8.29. The Morgan fingerprint density at radius 3 is 2.50 bits per heavy atom. The molecule has 3 rings (SSSR count). The van der Waals surface area contributed by atoms with E-state index in [0.29, 0.717) is 43.3 Å². The average Bonchev–Trinajstić information content (AvgIpc) is 2.64. The van der Waals surface area contributed by atoms with E-state index in [9.17, 15) is 14.0 Å². The van der Waals surface area contributed by atoms with Gasteiger partial charge in [0.15, 0.2) is 0 Å². The number of amides is 2. The number of hydrogen-bond donors (Lipinski definition) is 1. The SMILES string of the molecule is NC(=O)c1cccc(CN2CCN(C(=O)c3cc(Cl)ccc3F)CC2)c1. The lowest BCUT2D eigenvalue weighted by Crippen LogP contribution is -2.48. The highest BCUT2D eigenvalue weighted by Gasteiger charge is 2.24. The summed E-state index contributed by atoms with van der Waals surface area (Å²) in [4.78, 5) is 27.6. The summed E-state index contributed by atoms with van der Waals surface area (Å²) in [5, 5.41) is 0.336. The molecule has 1 heterocycles. The van der Waals surface area contributed by atoms with E-state index >= 15 is 0 Å². The number of carbonyl (C=O) groups is 2. The van der Waals surface area contributed by atoms with Crippen LogP contribution in [0.2, 0.25) is 5.02 Å². The number of piperazine rings is 1. The van der Waals surface area contributed by atoms with Gasteiger partial charge in [-0.05, 0) is 35.9 Å². The summed E-state index contributed by atoms with van der Waals surface area (Å²) in [5.41, 5.74) is 6.78. The highest BCUT2D eigenvalue weighted by molar-refractivity contribution is 6.31. The minimum atomic E-state index is -0.565. The minimum absolute atomic E-state index is 0.000101. The monoisotopic (exact) mass is 375 g/mol. The molecule has 0 unspecified atom stereocenters. The van der Waals surface area contributed by atoms with Crippen LogP contribution in [0.15, 0.2) is 42.5 Å². The molecular formula is C19H19ClFN3O2. The molecule has 0 radical (unpaired) electrons. The Morgan fingerprint density at radius 2 is 1.81 bits per heavy atom. The van der Waals surface area contributed by atoms with E-state index in [1.165, 1.54) is 18.2 Å². The van der Waals surface area contributed by atoms with Crippen molar-refractivity contribution in [2.45, 2.75) is 6.54 Å². The fourth-order valence-electron chi connectivity index (χ4n) is 3.02. The molecule has 26 heavy (non-hydrogen) atoms. The van der Waals surface area contributed by atoms with Crippen molar-refractivity contribution < 1.29 is 14.0 Å². The van der Waals surface area contributed by atoms with Crippen LogP contribution in [-0.4, -0.2) is 47.8 Å². The van der Waals surface area contributed by atoms with Gasteiger partial charge in [-0.2, -0.15) is 0 Å². The Balaban J connectivity index is 1.60. The van der Waals surface area contributed by atoms with E-state index in [2.05, 4.69) is 4.90 Å². The minimum Gasteiger partial charge on any atom is -0.366 e. The van der Waals surface area contributed by atoms with Gasteiger partial charge < -0.3 is 10.6 Å². The molecule has 1 aliphatic heterocycles. The Labute approximate surface area is 156 Å². The van der Waals surface area contributed by atoms with Crippen molar-refractivity contribution in [1.29, 1.82) is 0 Å². The van der Waals surface area contributed by atoms with E-state index in [0.717, 1.165) is 5.56 Å². The topological polar surface area (TPSA) is 66.6 Å². The second-order valence-corrected chi connectivity index (χ2v) is 6.69. The molecule has 1 saturated heterocycles. The summed E-state index contributed by atoms with van der Waals surface area (Å²) < 4.78 is 13.9. The van der Waals surface area contributed by atoms with Crippen molar-refractivity contribution >= 4 is 23.4 Å². The number of nitrogens with zero attached hydrogens (tertiary/aromatic N) is 2. The number of hydrogen-bond acceptors (Lipinski definition) is 3. The predicted molar refractivity (Wildman–Crippen MR) is 97.6 cm³/mol. The van der Waals surface area contributed by atoms with E-state index in [1.807, 2.05) is 6.07 Å². The van der Waals surface area contributed by atoms with Crippen molar-refractivity contribution in [2.75, 3.05) is 26.2 Å². The van der Waals surface area contributed by atoms with Gasteiger partial charge in [-0.25, -0.2) is 4.39 Å². The second kappa shape index (κ2) is 7.85. The Bertz CT molecular complexity index is 835. The lowest BCUT2D eigenvalue weighted by atomic mass is 10.1. The summed E-state index contributed by atoms with van der Waals surface area (Å²) in [7, 11) is 0. The molecule has 0 saturated carbocycles. The maximum Gasteiger partial charge on any atom is 0.256 e. The van der Waals surface area contributed by atoms with Crippen LogP contribution in [0.1, 0.15) is 26.3 Å². The lowest BCUT2D eigenvalue weighted by Gasteiger charge is -2.35. The average molecular weight is 376 g/mol. The first kappa shape index (κ1) is 18.4. The molecule has 1 aliphatic rings. The van der Waals surface area contributed by atoms with Crippen molar-refractivity contribution in [3.8, 4) is 0 Å². The zero-order valence-electron chi connectivity index (χ0n) is 14.1. The number of benzene rings is 2. The van der Waals surface area contributed by atoms with E-state index < -0.39 is 11.7 Å². The molecule has 136 valence electrons.